The molecule has 1 aliphatic rings. The molecule has 1 fully saturated rings. The van der Waals surface area contributed by atoms with Gasteiger partial charge in [0, 0.05) is 39.9 Å². The number of rotatable bonds is 7. The molecule has 4 aromatic rings. The summed E-state index contributed by atoms with van der Waals surface area (Å²) in [6, 6.07) is 21.5. The number of para-hydroxylation sites is 1. The van der Waals surface area contributed by atoms with Gasteiger partial charge in [-0.3, -0.25) is 19.3 Å². The van der Waals surface area contributed by atoms with Crippen molar-refractivity contribution >= 4 is 69.1 Å². The van der Waals surface area contributed by atoms with Gasteiger partial charge in [-0.05, 0) is 59.8 Å². The quantitative estimate of drug-likeness (QED) is 0.227. The number of amides is 3. The van der Waals surface area contributed by atoms with E-state index in [1.54, 1.807) is 48.5 Å². The van der Waals surface area contributed by atoms with Gasteiger partial charge in [0.15, 0.2) is 0 Å². The van der Waals surface area contributed by atoms with Gasteiger partial charge in [-0.15, -0.1) is 0 Å². The third kappa shape index (κ3) is 5.74. The summed E-state index contributed by atoms with van der Waals surface area (Å²) in [6.07, 6.45) is 3.57. The number of carbonyl (C=O) groups is 4. The van der Waals surface area contributed by atoms with E-state index in [4.69, 9.17) is 16.3 Å². The molecule has 5 rings (SSSR count). The largest absolute Gasteiger partial charge is 0.465 e. The molecule has 196 valence electrons. The standard InChI is InChI=1S/C29H22ClN3O5S/c1-38-28(36)19-7-4-6-18(12-19)15-32-16-20(23-10-2-3-11-24(23)32)13-25-27(35)33(29(37)39-25)17-26(34)31-22-9-5-8-21(30)14-22/h2-14,16H,15,17H2,1H3,(H,31,34)/b25-13-. The van der Waals surface area contributed by atoms with Crippen molar-refractivity contribution in [2.24, 2.45) is 0 Å². The smallest absolute Gasteiger partial charge is 0.337 e. The van der Waals surface area contributed by atoms with Crippen LogP contribution in [-0.2, 0) is 20.9 Å². The lowest BCUT2D eigenvalue weighted by Crippen LogP contribution is -2.36. The minimum atomic E-state index is -0.533. The highest BCUT2D eigenvalue weighted by Gasteiger charge is 2.36. The predicted octanol–water partition coefficient (Wildman–Crippen LogP) is 5.80. The Bertz CT molecular complexity index is 1660. The van der Waals surface area contributed by atoms with Gasteiger partial charge in [-0.2, -0.15) is 0 Å². The molecule has 1 aliphatic heterocycles. The molecule has 3 aromatic carbocycles. The third-order valence-corrected chi connectivity index (χ3v) is 7.23. The van der Waals surface area contributed by atoms with E-state index in [2.05, 4.69) is 5.32 Å². The molecule has 1 aromatic heterocycles. The monoisotopic (exact) mass is 559 g/mol. The van der Waals surface area contributed by atoms with Crippen LogP contribution in [0.3, 0.4) is 0 Å². The number of methoxy groups -OCH3 is 1. The second-order valence-corrected chi connectivity index (χ2v) is 10.2. The number of nitrogens with one attached hydrogen (secondary N) is 1. The number of hydrogen-bond acceptors (Lipinski definition) is 6. The number of benzene rings is 3. The van der Waals surface area contributed by atoms with Crippen LogP contribution in [0.15, 0.2) is 83.9 Å². The van der Waals surface area contributed by atoms with Crippen molar-refractivity contribution in [2.45, 2.75) is 6.54 Å². The average Bonchev–Trinajstić information content (AvgIpc) is 3.40. The summed E-state index contributed by atoms with van der Waals surface area (Å²) in [4.78, 5) is 51.3. The molecule has 1 saturated heterocycles. The first-order chi connectivity index (χ1) is 18.8. The van der Waals surface area contributed by atoms with Crippen LogP contribution in [0.4, 0.5) is 10.5 Å². The van der Waals surface area contributed by atoms with Crippen molar-refractivity contribution in [2.75, 3.05) is 19.0 Å². The Balaban J connectivity index is 1.38. The van der Waals surface area contributed by atoms with Crippen LogP contribution in [0.25, 0.3) is 17.0 Å². The lowest BCUT2D eigenvalue weighted by atomic mass is 10.1. The van der Waals surface area contributed by atoms with Crippen molar-refractivity contribution in [3.63, 3.8) is 0 Å². The summed E-state index contributed by atoms with van der Waals surface area (Å²) in [6.45, 7) is 0.0666. The minimum Gasteiger partial charge on any atom is -0.465 e. The molecule has 0 aliphatic carbocycles. The van der Waals surface area contributed by atoms with Crippen molar-refractivity contribution in [1.29, 1.82) is 0 Å². The topological polar surface area (TPSA) is 97.7 Å². The number of nitrogens with zero attached hydrogens (tertiary/aromatic N) is 2. The lowest BCUT2D eigenvalue weighted by molar-refractivity contribution is -0.127. The van der Waals surface area contributed by atoms with Gasteiger partial charge in [0.25, 0.3) is 11.1 Å². The molecular weight excluding hydrogens is 538 g/mol. The molecular formula is C29H22ClN3O5S. The van der Waals surface area contributed by atoms with E-state index in [0.717, 1.165) is 38.7 Å². The number of ether oxygens (including phenoxy) is 1. The number of thioether (sulfide) groups is 1. The summed E-state index contributed by atoms with van der Waals surface area (Å²) >= 11 is 6.75. The van der Waals surface area contributed by atoms with E-state index < -0.39 is 29.6 Å². The molecule has 0 unspecified atom stereocenters. The van der Waals surface area contributed by atoms with Gasteiger partial charge < -0.3 is 14.6 Å². The van der Waals surface area contributed by atoms with E-state index in [0.29, 0.717) is 22.8 Å². The fourth-order valence-corrected chi connectivity index (χ4v) is 5.34. The lowest BCUT2D eigenvalue weighted by Gasteiger charge is -2.12. The number of hydrogen-bond donors (Lipinski definition) is 1. The van der Waals surface area contributed by atoms with Gasteiger partial charge in [-0.25, -0.2) is 4.79 Å². The molecule has 0 atom stereocenters. The Morgan fingerprint density at radius 3 is 2.62 bits per heavy atom. The Kier molecular flexibility index (Phi) is 7.53. The molecule has 0 saturated carbocycles. The van der Waals surface area contributed by atoms with Crippen molar-refractivity contribution in [1.82, 2.24) is 9.47 Å². The molecule has 2 heterocycles. The van der Waals surface area contributed by atoms with E-state index in [9.17, 15) is 19.2 Å². The number of imide groups is 1. The SMILES string of the molecule is COC(=O)c1cccc(Cn2cc(/C=C3\SC(=O)N(CC(=O)Nc4cccc(Cl)c4)C3=O)c3ccccc32)c1. The normalized spacial score (nSPS) is 14.3. The molecule has 0 bridgehead atoms. The fourth-order valence-electron chi connectivity index (χ4n) is 4.32. The van der Waals surface area contributed by atoms with Gasteiger partial charge >= 0.3 is 5.97 Å². The first-order valence-corrected chi connectivity index (χ1v) is 13.1. The minimum absolute atomic E-state index is 0.228. The Morgan fingerprint density at radius 2 is 1.82 bits per heavy atom. The summed E-state index contributed by atoms with van der Waals surface area (Å²) in [7, 11) is 1.34. The maximum atomic E-state index is 13.1. The zero-order valence-corrected chi connectivity index (χ0v) is 22.3. The Labute approximate surface area is 233 Å². The molecule has 1 N–H and O–H groups in total. The fraction of sp³-hybridized carbons (Fsp3) is 0.103. The number of fused-ring (bicyclic) bond motifs is 1. The summed E-state index contributed by atoms with van der Waals surface area (Å²) in [5.74, 6) is -1.45. The summed E-state index contributed by atoms with van der Waals surface area (Å²) < 4.78 is 6.84. The molecule has 0 radical (unpaired) electrons. The molecule has 8 nitrogen and oxygen atoms in total. The Morgan fingerprint density at radius 1 is 1.03 bits per heavy atom. The highest BCUT2D eigenvalue weighted by molar-refractivity contribution is 8.18. The van der Waals surface area contributed by atoms with Crippen LogP contribution < -0.4 is 5.32 Å². The van der Waals surface area contributed by atoms with Gasteiger partial charge in [0.2, 0.25) is 5.91 Å². The van der Waals surface area contributed by atoms with Crippen LogP contribution in [0.2, 0.25) is 5.02 Å². The molecule has 0 spiro atoms. The number of halogens is 1. The molecule has 39 heavy (non-hydrogen) atoms. The highest BCUT2D eigenvalue weighted by Crippen LogP contribution is 2.34. The summed E-state index contributed by atoms with van der Waals surface area (Å²) in [5, 5.41) is 3.48. The molecule has 10 heteroatoms. The van der Waals surface area contributed by atoms with Crippen molar-refractivity contribution < 1.29 is 23.9 Å². The Hall–Kier alpha value is -4.34. The van der Waals surface area contributed by atoms with E-state index in [-0.39, 0.29) is 4.91 Å². The number of anilines is 1. The van der Waals surface area contributed by atoms with Gasteiger partial charge in [0.05, 0.1) is 17.6 Å². The number of aromatic nitrogens is 1. The highest BCUT2D eigenvalue weighted by atomic mass is 35.5. The summed E-state index contributed by atoms with van der Waals surface area (Å²) in [5.41, 5.74) is 3.51. The van der Waals surface area contributed by atoms with Gasteiger partial charge in [-0.1, -0.05) is 48.0 Å². The van der Waals surface area contributed by atoms with Crippen LogP contribution in [0, 0.1) is 0 Å². The first-order valence-electron chi connectivity index (χ1n) is 11.9. The van der Waals surface area contributed by atoms with Crippen molar-refractivity contribution in [3.05, 3.63) is 106 Å². The third-order valence-electron chi connectivity index (χ3n) is 6.09. The van der Waals surface area contributed by atoms with E-state index >= 15 is 0 Å². The zero-order chi connectivity index (χ0) is 27.5. The van der Waals surface area contributed by atoms with Crippen LogP contribution in [0.5, 0.6) is 0 Å². The maximum Gasteiger partial charge on any atom is 0.337 e. The van der Waals surface area contributed by atoms with Crippen LogP contribution in [-0.4, -0.2) is 46.1 Å². The second-order valence-electron chi connectivity index (χ2n) is 8.75. The number of esters is 1. The van der Waals surface area contributed by atoms with Gasteiger partial charge in [0.1, 0.15) is 6.54 Å². The first kappa shape index (κ1) is 26.3. The second kappa shape index (κ2) is 11.2. The number of carbonyl (C=O) groups excluding carboxylic acids is 4. The van der Waals surface area contributed by atoms with Crippen LogP contribution >= 0.6 is 23.4 Å². The average molecular weight is 560 g/mol. The van der Waals surface area contributed by atoms with Crippen molar-refractivity contribution in [3.8, 4) is 0 Å². The zero-order valence-electron chi connectivity index (χ0n) is 20.7. The van der Waals surface area contributed by atoms with E-state index in [1.165, 1.54) is 7.11 Å². The van der Waals surface area contributed by atoms with E-state index in [1.807, 2.05) is 41.1 Å². The predicted molar refractivity (Wildman–Crippen MR) is 152 cm³/mol. The molecule has 3 amide bonds. The maximum absolute atomic E-state index is 13.1. The van der Waals surface area contributed by atoms with Crippen LogP contribution in [0.1, 0.15) is 21.5 Å².